The molecule has 1 atom stereocenters. The van der Waals surface area contributed by atoms with E-state index in [9.17, 15) is 8.78 Å². The van der Waals surface area contributed by atoms with Gasteiger partial charge in [-0.2, -0.15) is 5.10 Å². The van der Waals surface area contributed by atoms with Crippen molar-refractivity contribution >= 4 is 0 Å². The van der Waals surface area contributed by atoms with E-state index in [1.807, 2.05) is 18.2 Å². The van der Waals surface area contributed by atoms with Gasteiger partial charge >= 0.3 is 0 Å². The summed E-state index contributed by atoms with van der Waals surface area (Å²) in [6.45, 7) is 2.55. The Labute approximate surface area is 163 Å². The lowest BCUT2D eigenvalue weighted by atomic mass is 9.90. The Morgan fingerprint density at radius 3 is 2.71 bits per heavy atom. The summed E-state index contributed by atoms with van der Waals surface area (Å²) in [5.74, 6) is -0.117. The largest absolute Gasteiger partial charge is 0.496 e. The SMILES string of the molecule is COc1ccccc1CN1CCCC(c2[nH]ncc2-c2c(F)cccc2F)C1. The Morgan fingerprint density at radius 2 is 1.93 bits per heavy atom. The summed E-state index contributed by atoms with van der Waals surface area (Å²) in [6, 6.07) is 11.9. The molecule has 0 aliphatic carbocycles. The molecule has 0 radical (unpaired) electrons. The second kappa shape index (κ2) is 8.10. The molecule has 1 aliphatic heterocycles. The molecule has 1 N–H and O–H groups in total. The third-order valence-electron chi connectivity index (χ3n) is 5.40. The van der Waals surface area contributed by atoms with Gasteiger partial charge in [-0.05, 0) is 37.6 Å². The number of para-hydroxylation sites is 1. The molecule has 28 heavy (non-hydrogen) atoms. The Kier molecular flexibility index (Phi) is 5.39. The summed E-state index contributed by atoms with van der Waals surface area (Å²) < 4.78 is 34.1. The van der Waals surface area contributed by atoms with E-state index in [0.717, 1.165) is 49.5 Å². The zero-order valence-corrected chi connectivity index (χ0v) is 15.8. The van der Waals surface area contributed by atoms with Crippen molar-refractivity contribution in [3.8, 4) is 16.9 Å². The maximum absolute atomic E-state index is 14.3. The normalized spacial score (nSPS) is 17.6. The quantitative estimate of drug-likeness (QED) is 0.692. The van der Waals surface area contributed by atoms with Crippen molar-refractivity contribution in [2.24, 2.45) is 0 Å². The van der Waals surface area contributed by atoms with Crippen LogP contribution in [0.3, 0.4) is 0 Å². The van der Waals surface area contributed by atoms with Crippen molar-refractivity contribution in [1.82, 2.24) is 15.1 Å². The predicted molar refractivity (Wildman–Crippen MR) is 104 cm³/mol. The summed E-state index contributed by atoms with van der Waals surface area (Å²) in [7, 11) is 1.68. The molecule has 1 unspecified atom stereocenters. The Balaban J connectivity index is 1.57. The summed E-state index contributed by atoms with van der Waals surface area (Å²) in [6.07, 6.45) is 3.49. The van der Waals surface area contributed by atoms with E-state index in [-0.39, 0.29) is 11.5 Å². The molecule has 1 saturated heterocycles. The van der Waals surface area contributed by atoms with Crippen LogP contribution in [0.4, 0.5) is 8.78 Å². The number of rotatable bonds is 5. The number of hydrogen-bond donors (Lipinski definition) is 1. The number of methoxy groups -OCH3 is 1. The second-order valence-electron chi connectivity index (χ2n) is 7.18. The number of nitrogens with zero attached hydrogens (tertiary/aromatic N) is 2. The van der Waals surface area contributed by atoms with Gasteiger partial charge in [0.05, 0.1) is 18.9 Å². The molecule has 0 spiro atoms. The maximum Gasteiger partial charge on any atom is 0.134 e. The van der Waals surface area contributed by atoms with Crippen molar-refractivity contribution in [3.63, 3.8) is 0 Å². The van der Waals surface area contributed by atoms with Gasteiger partial charge in [0, 0.05) is 35.8 Å². The van der Waals surface area contributed by atoms with E-state index >= 15 is 0 Å². The summed E-state index contributed by atoms with van der Waals surface area (Å²) >= 11 is 0. The first kappa shape index (κ1) is 18.6. The lowest BCUT2D eigenvalue weighted by Crippen LogP contribution is -2.34. The zero-order chi connectivity index (χ0) is 19.5. The number of aromatic amines is 1. The van der Waals surface area contributed by atoms with Crippen LogP contribution in [0.2, 0.25) is 0 Å². The monoisotopic (exact) mass is 383 g/mol. The number of nitrogens with one attached hydrogen (secondary N) is 1. The van der Waals surface area contributed by atoms with E-state index in [1.165, 1.54) is 24.4 Å². The highest BCUT2D eigenvalue weighted by molar-refractivity contribution is 5.67. The van der Waals surface area contributed by atoms with E-state index in [2.05, 4.69) is 21.2 Å². The van der Waals surface area contributed by atoms with Crippen LogP contribution in [0.15, 0.2) is 48.7 Å². The van der Waals surface area contributed by atoms with Crippen molar-refractivity contribution < 1.29 is 13.5 Å². The van der Waals surface area contributed by atoms with Gasteiger partial charge in [0.2, 0.25) is 0 Å². The molecule has 1 aliphatic rings. The fourth-order valence-corrected chi connectivity index (χ4v) is 4.07. The molecular formula is C22H23F2N3O. The number of piperidine rings is 1. The lowest BCUT2D eigenvalue weighted by molar-refractivity contribution is 0.196. The first-order chi connectivity index (χ1) is 13.7. The number of likely N-dealkylation sites (tertiary alicyclic amines) is 1. The van der Waals surface area contributed by atoms with Crippen LogP contribution in [0.1, 0.15) is 30.0 Å². The van der Waals surface area contributed by atoms with E-state index in [4.69, 9.17) is 4.74 Å². The molecule has 4 nitrogen and oxygen atoms in total. The number of halogens is 2. The first-order valence-corrected chi connectivity index (χ1v) is 9.49. The van der Waals surface area contributed by atoms with Gasteiger partial charge in [-0.15, -0.1) is 0 Å². The molecule has 0 amide bonds. The predicted octanol–water partition coefficient (Wildman–Crippen LogP) is 4.74. The van der Waals surface area contributed by atoms with Gasteiger partial charge in [-0.25, -0.2) is 8.78 Å². The Bertz CT molecular complexity index is 936. The number of H-pyrrole nitrogens is 1. The van der Waals surface area contributed by atoms with E-state index < -0.39 is 11.6 Å². The van der Waals surface area contributed by atoms with Gasteiger partial charge in [-0.3, -0.25) is 10.00 Å². The molecule has 6 heteroatoms. The van der Waals surface area contributed by atoms with Crippen molar-refractivity contribution in [3.05, 3.63) is 71.6 Å². The standard InChI is InChI=1S/C22H23F2N3O/c1-28-20-10-3-2-6-15(20)13-27-11-5-7-16(14-27)22-17(12-25-26-22)21-18(23)8-4-9-19(21)24/h2-4,6,8-10,12,16H,5,7,11,13-14H2,1H3,(H,25,26). The van der Waals surface area contributed by atoms with Crippen LogP contribution in [0.5, 0.6) is 5.75 Å². The molecule has 2 heterocycles. The van der Waals surface area contributed by atoms with Crippen molar-refractivity contribution in [2.75, 3.05) is 20.2 Å². The number of aromatic nitrogens is 2. The zero-order valence-electron chi connectivity index (χ0n) is 15.8. The summed E-state index contributed by atoms with van der Waals surface area (Å²) in [4.78, 5) is 2.36. The van der Waals surface area contributed by atoms with Crippen LogP contribution in [0, 0.1) is 11.6 Å². The van der Waals surface area contributed by atoms with Crippen LogP contribution < -0.4 is 4.74 Å². The van der Waals surface area contributed by atoms with E-state index in [1.54, 1.807) is 7.11 Å². The molecule has 1 aromatic heterocycles. The lowest BCUT2D eigenvalue weighted by Gasteiger charge is -2.33. The first-order valence-electron chi connectivity index (χ1n) is 9.49. The Hall–Kier alpha value is -2.73. The Morgan fingerprint density at radius 1 is 1.14 bits per heavy atom. The van der Waals surface area contributed by atoms with Crippen molar-refractivity contribution in [2.45, 2.75) is 25.3 Å². The summed E-state index contributed by atoms with van der Waals surface area (Å²) in [5.41, 5.74) is 2.44. The second-order valence-corrected chi connectivity index (χ2v) is 7.18. The van der Waals surface area contributed by atoms with Crippen molar-refractivity contribution in [1.29, 1.82) is 0 Å². The van der Waals surface area contributed by atoms with Gasteiger partial charge in [-0.1, -0.05) is 24.3 Å². The van der Waals surface area contributed by atoms with Gasteiger partial charge in [0.15, 0.2) is 0 Å². The molecule has 2 aromatic carbocycles. The van der Waals surface area contributed by atoms with E-state index in [0.29, 0.717) is 5.56 Å². The van der Waals surface area contributed by atoms with Gasteiger partial charge in [0.1, 0.15) is 17.4 Å². The molecule has 0 bridgehead atoms. The average molecular weight is 383 g/mol. The minimum absolute atomic E-state index is 0.00639. The van der Waals surface area contributed by atoms with Crippen LogP contribution in [-0.4, -0.2) is 35.3 Å². The highest BCUT2D eigenvalue weighted by atomic mass is 19.1. The fraction of sp³-hybridized carbons (Fsp3) is 0.318. The minimum Gasteiger partial charge on any atom is -0.496 e. The highest BCUT2D eigenvalue weighted by Crippen LogP contribution is 2.36. The van der Waals surface area contributed by atoms with Gasteiger partial charge in [0.25, 0.3) is 0 Å². The topological polar surface area (TPSA) is 41.1 Å². The third kappa shape index (κ3) is 3.64. The fourth-order valence-electron chi connectivity index (χ4n) is 4.07. The number of hydrogen-bond acceptors (Lipinski definition) is 3. The van der Waals surface area contributed by atoms with Gasteiger partial charge < -0.3 is 4.74 Å². The van der Waals surface area contributed by atoms with Crippen LogP contribution in [-0.2, 0) is 6.54 Å². The third-order valence-corrected chi connectivity index (χ3v) is 5.40. The van der Waals surface area contributed by atoms with Crippen LogP contribution in [0.25, 0.3) is 11.1 Å². The highest BCUT2D eigenvalue weighted by Gasteiger charge is 2.27. The molecule has 0 saturated carbocycles. The number of benzene rings is 2. The van der Waals surface area contributed by atoms with Crippen LogP contribution >= 0.6 is 0 Å². The minimum atomic E-state index is -0.565. The maximum atomic E-state index is 14.3. The molecular weight excluding hydrogens is 360 g/mol. The molecule has 146 valence electrons. The molecule has 4 rings (SSSR count). The molecule has 3 aromatic rings. The summed E-state index contributed by atoms with van der Waals surface area (Å²) in [5, 5.41) is 7.10. The number of ether oxygens (including phenoxy) is 1. The smallest absolute Gasteiger partial charge is 0.134 e. The average Bonchev–Trinajstić information content (AvgIpc) is 3.18. The molecule has 1 fully saturated rings.